The molecule has 0 aromatic carbocycles. The van der Waals surface area contributed by atoms with Crippen LogP contribution in [0.25, 0.3) is 0 Å². The minimum absolute atomic E-state index is 0.0233. The zero-order valence-electron chi connectivity index (χ0n) is 15.3. The summed E-state index contributed by atoms with van der Waals surface area (Å²) in [5, 5.41) is 0. The molecule has 2 aromatic heterocycles. The van der Waals surface area contributed by atoms with E-state index in [2.05, 4.69) is 29.7 Å². The highest BCUT2D eigenvalue weighted by atomic mass is 32.2. The summed E-state index contributed by atoms with van der Waals surface area (Å²) >= 11 is 0. The van der Waals surface area contributed by atoms with Crippen LogP contribution in [0.1, 0.15) is 6.42 Å². The fourth-order valence-electron chi connectivity index (χ4n) is 3.56. The van der Waals surface area contributed by atoms with Gasteiger partial charge in [-0.1, -0.05) is 0 Å². The van der Waals surface area contributed by atoms with Gasteiger partial charge >= 0.3 is 0 Å². The maximum atomic E-state index is 11.8. The third-order valence-corrected chi connectivity index (χ3v) is 6.94. The number of hydrogen-bond acceptors (Lipinski definition) is 9. The van der Waals surface area contributed by atoms with Crippen molar-refractivity contribution in [3.05, 3.63) is 30.9 Å². The number of aromatic nitrogens is 4. The van der Waals surface area contributed by atoms with Crippen molar-refractivity contribution >= 4 is 27.4 Å². The van der Waals surface area contributed by atoms with Gasteiger partial charge in [-0.25, -0.2) is 28.4 Å². The topological polar surface area (TPSA) is 95.4 Å². The molecule has 10 heteroatoms. The van der Waals surface area contributed by atoms with E-state index in [-0.39, 0.29) is 17.5 Å². The van der Waals surface area contributed by atoms with Gasteiger partial charge in [0.25, 0.3) is 0 Å². The van der Waals surface area contributed by atoms with E-state index in [1.165, 1.54) is 0 Å². The first kappa shape index (κ1) is 17.9. The second-order valence-electron chi connectivity index (χ2n) is 6.93. The summed E-state index contributed by atoms with van der Waals surface area (Å²) in [5.41, 5.74) is 0. The molecule has 0 radical (unpaired) electrons. The average Bonchev–Trinajstić information content (AvgIpc) is 3.08. The predicted octanol–water partition coefficient (Wildman–Crippen LogP) is 0.217. The van der Waals surface area contributed by atoms with Crippen molar-refractivity contribution < 1.29 is 8.42 Å². The fourth-order valence-corrected chi connectivity index (χ4v) is 5.34. The quantitative estimate of drug-likeness (QED) is 0.727. The molecule has 144 valence electrons. The molecule has 27 heavy (non-hydrogen) atoms. The Balaban J connectivity index is 1.43. The third kappa shape index (κ3) is 3.95. The van der Waals surface area contributed by atoms with Gasteiger partial charge in [-0.15, -0.1) is 0 Å². The molecular formula is C17H23N7O2S. The van der Waals surface area contributed by atoms with Crippen LogP contribution in [-0.4, -0.2) is 79.1 Å². The zero-order valence-corrected chi connectivity index (χ0v) is 16.1. The number of hydrogen-bond donors (Lipinski definition) is 0. The first-order chi connectivity index (χ1) is 13.0. The molecule has 0 amide bonds. The summed E-state index contributed by atoms with van der Waals surface area (Å²) in [6.07, 6.45) is 5.71. The SMILES string of the molecule is CN(c1cc(N2CCN(c3ncccn3)CC2)ncn1)C1CCS(=O)(=O)C1. The van der Waals surface area contributed by atoms with Gasteiger partial charge in [0.1, 0.15) is 18.0 Å². The Hall–Kier alpha value is -2.49. The van der Waals surface area contributed by atoms with Crippen LogP contribution in [0.5, 0.6) is 0 Å². The number of rotatable bonds is 4. The van der Waals surface area contributed by atoms with E-state index in [4.69, 9.17) is 0 Å². The second kappa shape index (κ2) is 7.26. The molecule has 0 N–H and O–H groups in total. The number of anilines is 3. The highest BCUT2D eigenvalue weighted by molar-refractivity contribution is 7.91. The standard InChI is InChI=1S/C17H23N7O2S/c1-22(14-3-10-27(25,26)12-14)15-11-16(21-13-20-15)23-6-8-24(9-7-23)17-18-4-2-5-19-17/h2,4-5,11,13-14H,3,6-10,12H2,1H3. The van der Waals surface area contributed by atoms with E-state index in [1.807, 2.05) is 24.1 Å². The van der Waals surface area contributed by atoms with Crippen molar-refractivity contribution in [3.8, 4) is 0 Å². The first-order valence-electron chi connectivity index (χ1n) is 9.04. The summed E-state index contributed by atoms with van der Waals surface area (Å²) in [4.78, 5) is 23.7. The molecule has 1 unspecified atom stereocenters. The van der Waals surface area contributed by atoms with Gasteiger partial charge in [0.2, 0.25) is 5.95 Å². The molecule has 0 aliphatic carbocycles. The lowest BCUT2D eigenvalue weighted by atomic mass is 10.2. The van der Waals surface area contributed by atoms with Crippen molar-refractivity contribution in [1.82, 2.24) is 19.9 Å². The Labute approximate surface area is 159 Å². The van der Waals surface area contributed by atoms with Gasteiger partial charge < -0.3 is 14.7 Å². The second-order valence-corrected chi connectivity index (χ2v) is 9.15. The Kier molecular flexibility index (Phi) is 4.81. The molecule has 2 aliphatic rings. The van der Waals surface area contributed by atoms with Crippen LogP contribution in [-0.2, 0) is 9.84 Å². The van der Waals surface area contributed by atoms with Crippen LogP contribution in [0.2, 0.25) is 0 Å². The van der Waals surface area contributed by atoms with Crippen LogP contribution < -0.4 is 14.7 Å². The van der Waals surface area contributed by atoms with Crippen LogP contribution in [0.15, 0.2) is 30.9 Å². The minimum atomic E-state index is -2.92. The molecule has 2 fully saturated rings. The van der Waals surface area contributed by atoms with Crippen molar-refractivity contribution in [2.24, 2.45) is 0 Å². The molecular weight excluding hydrogens is 366 g/mol. The number of nitrogens with zero attached hydrogens (tertiary/aromatic N) is 7. The molecule has 2 aromatic rings. The first-order valence-corrected chi connectivity index (χ1v) is 10.9. The van der Waals surface area contributed by atoms with Crippen LogP contribution >= 0.6 is 0 Å². The highest BCUT2D eigenvalue weighted by Gasteiger charge is 2.31. The summed E-state index contributed by atoms with van der Waals surface area (Å²) < 4.78 is 23.5. The molecule has 0 bridgehead atoms. The fraction of sp³-hybridized carbons (Fsp3) is 0.529. The van der Waals surface area contributed by atoms with Gasteiger partial charge in [-0.2, -0.15) is 0 Å². The van der Waals surface area contributed by atoms with Crippen LogP contribution in [0, 0.1) is 0 Å². The molecule has 2 saturated heterocycles. The van der Waals surface area contributed by atoms with Crippen LogP contribution in [0.4, 0.5) is 17.6 Å². The summed E-state index contributed by atoms with van der Waals surface area (Å²) in [7, 11) is -1.02. The van der Waals surface area contributed by atoms with E-state index in [0.717, 1.165) is 43.8 Å². The average molecular weight is 389 g/mol. The van der Waals surface area contributed by atoms with Crippen molar-refractivity contribution in [3.63, 3.8) is 0 Å². The van der Waals surface area contributed by atoms with E-state index in [0.29, 0.717) is 6.42 Å². The molecule has 1 atom stereocenters. The minimum Gasteiger partial charge on any atom is -0.355 e. The maximum Gasteiger partial charge on any atom is 0.225 e. The Morgan fingerprint density at radius 3 is 2.41 bits per heavy atom. The Bertz CT molecular complexity index is 885. The molecule has 0 saturated carbocycles. The summed E-state index contributed by atoms with van der Waals surface area (Å²) in [5.74, 6) is 2.82. The van der Waals surface area contributed by atoms with Gasteiger partial charge in [-0.3, -0.25) is 0 Å². The van der Waals surface area contributed by atoms with Gasteiger partial charge in [0.05, 0.1) is 11.5 Å². The Morgan fingerprint density at radius 2 is 1.74 bits per heavy atom. The Morgan fingerprint density at radius 1 is 1.04 bits per heavy atom. The zero-order chi connectivity index (χ0) is 18.9. The van der Waals surface area contributed by atoms with Gasteiger partial charge in [0.15, 0.2) is 9.84 Å². The lowest BCUT2D eigenvalue weighted by Gasteiger charge is -2.35. The smallest absolute Gasteiger partial charge is 0.225 e. The van der Waals surface area contributed by atoms with Crippen molar-refractivity contribution in [2.45, 2.75) is 12.5 Å². The molecule has 0 spiro atoms. The maximum absolute atomic E-state index is 11.8. The van der Waals surface area contributed by atoms with Crippen molar-refractivity contribution in [2.75, 3.05) is 59.4 Å². The third-order valence-electron chi connectivity index (χ3n) is 5.19. The molecule has 4 heterocycles. The number of piperazine rings is 1. The normalized spacial score (nSPS) is 22.0. The van der Waals surface area contributed by atoms with Gasteiger partial charge in [0, 0.05) is 57.7 Å². The number of sulfone groups is 1. The molecule has 9 nitrogen and oxygen atoms in total. The van der Waals surface area contributed by atoms with Crippen molar-refractivity contribution in [1.29, 1.82) is 0 Å². The van der Waals surface area contributed by atoms with E-state index in [1.54, 1.807) is 18.7 Å². The van der Waals surface area contributed by atoms with E-state index >= 15 is 0 Å². The lowest BCUT2D eigenvalue weighted by molar-refractivity contribution is 0.600. The van der Waals surface area contributed by atoms with Gasteiger partial charge in [-0.05, 0) is 12.5 Å². The summed E-state index contributed by atoms with van der Waals surface area (Å²) in [6, 6.07) is 3.73. The predicted molar refractivity (Wildman–Crippen MR) is 104 cm³/mol. The monoisotopic (exact) mass is 389 g/mol. The highest BCUT2D eigenvalue weighted by Crippen LogP contribution is 2.24. The molecule has 4 rings (SSSR count). The van der Waals surface area contributed by atoms with E-state index in [9.17, 15) is 8.42 Å². The molecule has 2 aliphatic heterocycles. The van der Waals surface area contributed by atoms with Crippen LogP contribution in [0.3, 0.4) is 0 Å². The largest absolute Gasteiger partial charge is 0.355 e. The summed E-state index contributed by atoms with van der Waals surface area (Å²) in [6.45, 7) is 3.27. The van der Waals surface area contributed by atoms with E-state index < -0.39 is 9.84 Å². The lowest BCUT2D eigenvalue weighted by Crippen LogP contribution is -2.47.